The zero-order valence-electron chi connectivity index (χ0n) is 16.3. The van der Waals surface area contributed by atoms with E-state index in [1.165, 1.54) is 20.6 Å². The molecule has 150 valence electrons. The number of guanidine groups is 1. The van der Waals surface area contributed by atoms with Crippen LogP contribution in [-0.4, -0.2) is 43.7 Å². The summed E-state index contributed by atoms with van der Waals surface area (Å²) in [5.74, 6) is 0.906. The molecule has 0 atom stereocenters. The summed E-state index contributed by atoms with van der Waals surface area (Å²) in [5.41, 5.74) is 1.24. The second kappa shape index (κ2) is 11.2. The van der Waals surface area contributed by atoms with Crippen LogP contribution in [0.15, 0.2) is 22.5 Å². The Morgan fingerprint density at radius 2 is 2.15 bits per heavy atom. The molecule has 0 saturated carbocycles. The van der Waals surface area contributed by atoms with Crippen molar-refractivity contribution in [1.29, 1.82) is 0 Å². The fourth-order valence-corrected chi connectivity index (χ4v) is 5.10. The van der Waals surface area contributed by atoms with Crippen molar-refractivity contribution in [2.45, 2.75) is 45.6 Å². The Morgan fingerprint density at radius 3 is 2.74 bits per heavy atom. The smallest absolute Gasteiger partial charge is 0.191 e. The molecule has 0 amide bonds. The maximum atomic E-state index is 4.71. The molecule has 0 unspecified atom stereocenters. The van der Waals surface area contributed by atoms with E-state index in [9.17, 15) is 0 Å². The van der Waals surface area contributed by atoms with E-state index >= 15 is 0 Å². The van der Waals surface area contributed by atoms with Gasteiger partial charge in [0.05, 0.1) is 15.7 Å². The highest BCUT2D eigenvalue weighted by Gasteiger charge is 2.20. The van der Waals surface area contributed by atoms with E-state index in [4.69, 9.17) is 4.98 Å². The maximum Gasteiger partial charge on any atom is 0.191 e. The van der Waals surface area contributed by atoms with Gasteiger partial charge >= 0.3 is 0 Å². The molecule has 1 aliphatic heterocycles. The summed E-state index contributed by atoms with van der Waals surface area (Å²) < 4.78 is 0. The van der Waals surface area contributed by atoms with Gasteiger partial charge in [-0.15, -0.1) is 46.7 Å². The van der Waals surface area contributed by atoms with Gasteiger partial charge in [0.1, 0.15) is 0 Å². The van der Waals surface area contributed by atoms with Crippen molar-refractivity contribution in [1.82, 2.24) is 15.6 Å². The van der Waals surface area contributed by atoms with Crippen LogP contribution >= 0.6 is 46.7 Å². The van der Waals surface area contributed by atoms with Crippen LogP contribution in [-0.2, 0) is 12.8 Å². The topological polar surface area (TPSA) is 52.6 Å². The van der Waals surface area contributed by atoms with Crippen LogP contribution in [0.3, 0.4) is 0 Å². The van der Waals surface area contributed by atoms with Gasteiger partial charge in [0, 0.05) is 44.0 Å². The normalized spacial score (nSPS) is 15.5. The first-order valence-electron chi connectivity index (χ1n) is 9.40. The third-order valence-electron chi connectivity index (χ3n) is 4.78. The molecule has 3 heterocycles. The fourth-order valence-electron chi connectivity index (χ4n) is 3.29. The van der Waals surface area contributed by atoms with Gasteiger partial charge in [0.25, 0.3) is 0 Å². The molecule has 1 aliphatic rings. The summed E-state index contributed by atoms with van der Waals surface area (Å²) in [4.78, 5) is 12.9. The van der Waals surface area contributed by atoms with Crippen molar-refractivity contribution < 1.29 is 0 Å². The number of anilines is 1. The number of thiophene rings is 1. The van der Waals surface area contributed by atoms with Crippen LogP contribution in [0.2, 0.25) is 0 Å². The molecule has 2 aromatic heterocycles. The first-order valence-corrected chi connectivity index (χ1v) is 11.1. The zero-order valence-corrected chi connectivity index (χ0v) is 20.3. The molecule has 5 nitrogen and oxygen atoms in total. The van der Waals surface area contributed by atoms with Crippen LogP contribution in [0.1, 0.15) is 35.3 Å². The minimum absolute atomic E-state index is 0. The van der Waals surface area contributed by atoms with E-state index in [0.717, 1.165) is 51.3 Å². The Balaban J connectivity index is 0.00000261. The highest BCUT2D eigenvalue weighted by Crippen LogP contribution is 2.24. The van der Waals surface area contributed by atoms with Crippen molar-refractivity contribution in [3.8, 4) is 0 Å². The van der Waals surface area contributed by atoms with Gasteiger partial charge in [-0.1, -0.05) is 6.92 Å². The molecule has 8 heteroatoms. The van der Waals surface area contributed by atoms with Crippen molar-refractivity contribution in [2.75, 3.05) is 31.6 Å². The van der Waals surface area contributed by atoms with Gasteiger partial charge < -0.3 is 15.5 Å². The minimum atomic E-state index is 0. The first-order chi connectivity index (χ1) is 12.7. The number of nitrogens with one attached hydrogen (secondary N) is 2. The highest BCUT2D eigenvalue weighted by molar-refractivity contribution is 14.0. The Morgan fingerprint density at radius 1 is 1.37 bits per heavy atom. The number of thiazole rings is 1. The average Bonchev–Trinajstić information content (AvgIpc) is 3.31. The SMILES string of the molecule is CCc1nc(CCNC(=NC)NC2CCN(c3cccs3)CC2)sc1C.I. The maximum absolute atomic E-state index is 4.71. The molecule has 27 heavy (non-hydrogen) atoms. The number of hydrogen-bond donors (Lipinski definition) is 2. The number of piperidine rings is 1. The molecule has 0 spiro atoms. The average molecular weight is 520 g/mol. The van der Waals surface area contributed by atoms with E-state index in [1.807, 2.05) is 29.7 Å². The van der Waals surface area contributed by atoms with E-state index in [0.29, 0.717) is 6.04 Å². The monoisotopic (exact) mass is 519 g/mol. The van der Waals surface area contributed by atoms with Gasteiger partial charge in [-0.25, -0.2) is 4.98 Å². The number of rotatable bonds is 6. The lowest BCUT2D eigenvalue weighted by Crippen LogP contribution is -2.49. The lowest BCUT2D eigenvalue weighted by atomic mass is 10.1. The molecule has 3 rings (SSSR count). The summed E-state index contributed by atoms with van der Waals surface area (Å²) >= 11 is 3.64. The van der Waals surface area contributed by atoms with Gasteiger partial charge in [-0.05, 0) is 43.7 Å². The molecular weight excluding hydrogens is 489 g/mol. The molecule has 2 aromatic rings. The van der Waals surface area contributed by atoms with Crippen LogP contribution in [0, 0.1) is 6.92 Å². The van der Waals surface area contributed by atoms with Crippen molar-refractivity contribution >= 4 is 57.6 Å². The zero-order chi connectivity index (χ0) is 18.4. The number of aryl methyl sites for hydroxylation is 2. The minimum Gasteiger partial charge on any atom is -0.363 e. The molecule has 1 saturated heterocycles. The summed E-state index contributed by atoms with van der Waals surface area (Å²) in [6, 6.07) is 4.83. The summed E-state index contributed by atoms with van der Waals surface area (Å²) in [6.07, 6.45) is 4.25. The predicted octanol–water partition coefficient (Wildman–Crippen LogP) is 4.07. The van der Waals surface area contributed by atoms with Gasteiger partial charge in [0.15, 0.2) is 5.96 Å². The molecule has 0 aromatic carbocycles. The molecule has 1 fully saturated rings. The number of halogens is 1. The predicted molar refractivity (Wildman–Crippen MR) is 129 cm³/mol. The van der Waals surface area contributed by atoms with E-state index in [1.54, 1.807) is 0 Å². The van der Waals surface area contributed by atoms with Crippen LogP contribution in [0.25, 0.3) is 0 Å². The largest absolute Gasteiger partial charge is 0.363 e. The molecule has 0 radical (unpaired) electrons. The Kier molecular flexibility index (Phi) is 9.31. The van der Waals surface area contributed by atoms with Crippen molar-refractivity contribution in [3.63, 3.8) is 0 Å². The van der Waals surface area contributed by atoms with E-state index < -0.39 is 0 Å². The summed E-state index contributed by atoms with van der Waals surface area (Å²) in [7, 11) is 1.85. The third-order valence-corrected chi connectivity index (χ3v) is 6.78. The van der Waals surface area contributed by atoms with E-state index in [2.05, 4.69) is 51.9 Å². The quantitative estimate of drug-likeness (QED) is 0.343. The Bertz CT molecular complexity index is 706. The number of hydrogen-bond acceptors (Lipinski definition) is 5. The van der Waals surface area contributed by atoms with Gasteiger partial charge in [0.2, 0.25) is 0 Å². The van der Waals surface area contributed by atoms with Crippen LogP contribution in [0.4, 0.5) is 5.00 Å². The molecule has 0 bridgehead atoms. The first kappa shape index (κ1) is 22.4. The second-order valence-corrected chi connectivity index (χ2v) is 8.78. The third kappa shape index (κ3) is 6.32. The lowest BCUT2D eigenvalue weighted by Gasteiger charge is -2.33. The number of aliphatic imine (C=N–C) groups is 1. The number of nitrogens with zero attached hydrogens (tertiary/aromatic N) is 3. The molecule has 2 N–H and O–H groups in total. The summed E-state index contributed by atoms with van der Waals surface area (Å²) in [6.45, 7) is 7.40. The molecular formula is C19H30IN5S2. The van der Waals surface area contributed by atoms with Crippen LogP contribution < -0.4 is 15.5 Å². The Hall–Kier alpha value is -0.870. The van der Waals surface area contributed by atoms with Crippen LogP contribution in [0.5, 0.6) is 0 Å². The van der Waals surface area contributed by atoms with Crippen molar-refractivity contribution in [2.24, 2.45) is 4.99 Å². The highest BCUT2D eigenvalue weighted by atomic mass is 127. The van der Waals surface area contributed by atoms with Gasteiger partial charge in [-0.3, -0.25) is 4.99 Å². The lowest BCUT2D eigenvalue weighted by molar-refractivity contribution is 0.463. The standard InChI is InChI=1S/C19H29N5S2.HI/c1-4-16-14(2)26-17(23-16)7-10-21-19(20-3)22-15-8-11-24(12-9-15)18-6-5-13-25-18;/h5-6,13,15H,4,7-12H2,1-3H3,(H2,20,21,22);1H. The Labute approximate surface area is 187 Å². The fraction of sp³-hybridized carbons (Fsp3) is 0.579. The summed E-state index contributed by atoms with van der Waals surface area (Å²) in [5, 5.41) is 11.8. The van der Waals surface area contributed by atoms with Gasteiger partial charge in [-0.2, -0.15) is 0 Å². The second-order valence-electron chi connectivity index (χ2n) is 6.57. The molecule has 0 aliphatic carbocycles. The number of aromatic nitrogens is 1. The van der Waals surface area contributed by atoms with Crippen molar-refractivity contribution in [3.05, 3.63) is 33.1 Å². The van der Waals surface area contributed by atoms with E-state index in [-0.39, 0.29) is 24.0 Å².